The number of nitrogens with one attached hydrogen (secondary N) is 1. The zero-order chi connectivity index (χ0) is 12.4. The van der Waals surface area contributed by atoms with Crippen LogP contribution in [0.5, 0.6) is 0 Å². The van der Waals surface area contributed by atoms with Crippen molar-refractivity contribution in [2.45, 2.75) is 12.8 Å². The van der Waals surface area contributed by atoms with Crippen molar-refractivity contribution in [3.8, 4) is 11.5 Å². The molecular weight excluding hydrogens is 226 g/mol. The van der Waals surface area contributed by atoms with Crippen molar-refractivity contribution in [1.29, 1.82) is 0 Å². The molecule has 0 bridgehead atoms. The van der Waals surface area contributed by atoms with Gasteiger partial charge in [-0.15, -0.1) is 0 Å². The quantitative estimate of drug-likeness (QED) is 0.874. The Balaban J connectivity index is 1.92. The predicted octanol–water partition coefficient (Wildman–Crippen LogP) is 1.03. The number of aromatic nitrogens is 4. The second-order valence-corrected chi connectivity index (χ2v) is 4.78. The Morgan fingerprint density at radius 2 is 2.17 bits per heavy atom. The predicted molar refractivity (Wildman–Crippen MR) is 68.9 cm³/mol. The van der Waals surface area contributed by atoms with E-state index in [-0.39, 0.29) is 0 Å². The Kier molecular flexibility index (Phi) is 3.06. The summed E-state index contributed by atoms with van der Waals surface area (Å²) < 4.78 is 1.99. The third kappa shape index (κ3) is 2.13. The van der Waals surface area contributed by atoms with E-state index in [1.165, 1.54) is 6.42 Å². The number of imidazole rings is 1. The number of hydrogen-bond acceptors (Lipinski definition) is 4. The van der Waals surface area contributed by atoms with E-state index in [0.29, 0.717) is 5.92 Å². The van der Waals surface area contributed by atoms with Gasteiger partial charge in [-0.2, -0.15) is 0 Å². The average molecular weight is 243 g/mol. The Morgan fingerprint density at radius 1 is 1.28 bits per heavy atom. The van der Waals surface area contributed by atoms with Gasteiger partial charge in [-0.3, -0.25) is 4.98 Å². The molecule has 1 aliphatic heterocycles. The van der Waals surface area contributed by atoms with Crippen LogP contribution in [-0.4, -0.2) is 32.6 Å². The highest BCUT2D eigenvalue weighted by atomic mass is 15.1. The fourth-order valence-electron chi connectivity index (χ4n) is 2.46. The SMILES string of the molecule is Cn1ccnc1-c1nccnc1C[C@H]1CCNC1. The molecule has 0 aromatic carbocycles. The van der Waals surface area contributed by atoms with E-state index in [2.05, 4.69) is 20.3 Å². The Hall–Kier alpha value is -1.75. The molecule has 1 saturated heterocycles. The highest BCUT2D eigenvalue weighted by molar-refractivity contribution is 5.52. The molecular formula is C13H17N5. The van der Waals surface area contributed by atoms with Gasteiger partial charge in [0.05, 0.1) is 5.69 Å². The summed E-state index contributed by atoms with van der Waals surface area (Å²) >= 11 is 0. The summed E-state index contributed by atoms with van der Waals surface area (Å²) in [5, 5.41) is 3.39. The van der Waals surface area contributed by atoms with Crippen LogP contribution >= 0.6 is 0 Å². The minimum absolute atomic E-state index is 0.667. The second-order valence-electron chi connectivity index (χ2n) is 4.78. The second kappa shape index (κ2) is 4.86. The van der Waals surface area contributed by atoms with Crippen LogP contribution in [0.4, 0.5) is 0 Å². The molecule has 5 nitrogen and oxygen atoms in total. The fraction of sp³-hybridized carbons (Fsp3) is 0.462. The highest BCUT2D eigenvalue weighted by Crippen LogP contribution is 2.21. The van der Waals surface area contributed by atoms with Crippen LogP contribution in [0.3, 0.4) is 0 Å². The van der Waals surface area contributed by atoms with E-state index in [1.54, 1.807) is 18.6 Å². The molecule has 0 aliphatic carbocycles. The summed E-state index contributed by atoms with van der Waals surface area (Å²) in [6.45, 7) is 2.19. The van der Waals surface area contributed by atoms with Crippen molar-refractivity contribution in [2.75, 3.05) is 13.1 Å². The normalized spacial score (nSPS) is 19.3. The van der Waals surface area contributed by atoms with E-state index in [4.69, 9.17) is 0 Å². The van der Waals surface area contributed by atoms with Crippen LogP contribution in [0.1, 0.15) is 12.1 Å². The lowest BCUT2D eigenvalue weighted by Gasteiger charge is -2.11. The lowest BCUT2D eigenvalue weighted by Crippen LogP contribution is -2.12. The van der Waals surface area contributed by atoms with Crippen molar-refractivity contribution in [2.24, 2.45) is 13.0 Å². The first-order chi connectivity index (χ1) is 8.84. The van der Waals surface area contributed by atoms with Gasteiger partial charge in [0.15, 0.2) is 5.82 Å². The molecule has 1 fully saturated rings. The van der Waals surface area contributed by atoms with Crippen LogP contribution < -0.4 is 5.32 Å². The smallest absolute Gasteiger partial charge is 0.160 e. The molecule has 2 aromatic heterocycles. The number of hydrogen-bond donors (Lipinski definition) is 1. The third-order valence-electron chi connectivity index (χ3n) is 3.45. The molecule has 0 radical (unpaired) electrons. The van der Waals surface area contributed by atoms with Crippen molar-refractivity contribution in [1.82, 2.24) is 24.8 Å². The first-order valence-corrected chi connectivity index (χ1v) is 6.33. The van der Waals surface area contributed by atoms with Crippen LogP contribution in [0.25, 0.3) is 11.5 Å². The molecule has 1 N–H and O–H groups in total. The zero-order valence-electron chi connectivity index (χ0n) is 10.5. The number of aryl methyl sites for hydroxylation is 1. The maximum absolute atomic E-state index is 4.50. The van der Waals surface area contributed by atoms with Crippen LogP contribution in [0, 0.1) is 5.92 Å². The lowest BCUT2D eigenvalue weighted by molar-refractivity contribution is 0.571. The Labute approximate surface area is 106 Å². The zero-order valence-corrected chi connectivity index (χ0v) is 10.5. The van der Waals surface area contributed by atoms with E-state index >= 15 is 0 Å². The third-order valence-corrected chi connectivity index (χ3v) is 3.45. The van der Waals surface area contributed by atoms with Gasteiger partial charge in [-0.25, -0.2) is 9.97 Å². The fourth-order valence-corrected chi connectivity index (χ4v) is 2.46. The topological polar surface area (TPSA) is 55.6 Å². The minimum Gasteiger partial charge on any atom is -0.333 e. The number of rotatable bonds is 3. The van der Waals surface area contributed by atoms with Gasteiger partial charge in [0, 0.05) is 31.8 Å². The molecule has 0 spiro atoms. The molecule has 0 unspecified atom stereocenters. The van der Waals surface area contributed by atoms with E-state index in [9.17, 15) is 0 Å². The molecule has 3 heterocycles. The molecule has 0 saturated carbocycles. The molecule has 5 heteroatoms. The number of nitrogens with zero attached hydrogens (tertiary/aromatic N) is 4. The van der Waals surface area contributed by atoms with Crippen LogP contribution in [0.2, 0.25) is 0 Å². The maximum atomic E-state index is 4.50. The average Bonchev–Trinajstić information content (AvgIpc) is 3.02. The standard InChI is InChI=1S/C13H17N5/c1-18-7-6-17-13(18)12-11(15-4-5-16-12)8-10-2-3-14-9-10/h4-7,10,14H,2-3,8-9H2,1H3/t10-/m1/s1. The maximum Gasteiger partial charge on any atom is 0.160 e. The minimum atomic E-state index is 0.667. The van der Waals surface area contributed by atoms with Gasteiger partial charge in [-0.1, -0.05) is 0 Å². The summed E-state index contributed by atoms with van der Waals surface area (Å²) in [6.07, 6.45) is 9.43. The van der Waals surface area contributed by atoms with Crippen molar-refractivity contribution >= 4 is 0 Å². The van der Waals surface area contributed by atoms with Crippen LogP contribution in [0.15, 0.2) is 24.8 Å². The first-order valence-electron chi connectivity index (χ1n) is 6.33. The lowest BCUT2D eigenvalue weighted by atomic mass is 10.0. The molecule has 0 amide bonds. The summed E-state index contributed by atoms with van der Waals surface area (Å²) in [5.41, 5.74) is 1.97. The summed E-state index contributed by atoms with van der Waals surface area (Å²) in [4.78, 5) is 13.3. The Bertz CT molecular complexity index is 528. The van der Waals surface area contributed by atoms with Gasteiger partial charge in [0.1, 0.15) is 5.69 Å². The van der Waals surface area contributed by atoms with Gasteiger partial charge in [0.2, 0.25) is 0 Å². The molecule has 18 heavy (non-hydrogen) atoms. The highest BCUT2D eigenvalue weighted by Gasteiger charge is 2.19. The molecule has 1 atom stereocenters. The first kappa shape index (κ1) is 11.3. The Morgan fingerprint density at radius 3 is 2.89 bits per heavy atom. The molecule has 3 rings (SSSR count). The largest absolute Gasteiger partial charge is 0.333 e. The van der Waals surface area contributed by atoms with E-state index in [1.807, 2.05) is 17.8 Å². The summed E-state index contributed by atoms with van der Waals surface area (Å²) in [7, 11) is 1.98. The van der Waals surface area contributed by atoms with Crippen molar-refractivity contribution < 1.29 is 0 Å². The van der Waals surface area contributed by atoms with Crippen molar-refractivity contribution in [3.63, 3.8) is 0 Å². The van der Waals surface area contributed by atoms with Gasteiger partial charge >= 0.3 is 0 Å². The van der Waals surface area contributed by atoms with Gasteiger partial charge < -0.3 is 9.88 Å². The molecule has 94 valence electrons. The molecule has 2 aromatic rings. The van der Waals surface area contributed by atoms with E-state index < -0.39 is 0 Å². The van der Waals surface area contributed by atoms with E-state index in [0.717, 1.165) is 36.7 Å². The monoisotopic (exact) mass is 243 g/mol. The van der Waals surface area contributed by atoms with Crippen LogP contribution in [-0.2, 0) is 13.5 Å². The van der Waals surface area contributed by atoms with Crippen molar-refractivity contribution in [3.05, 3.63) is 30.5 Å². The summed E-state index contributed by atoms with van der Waals surface area (Å²) in [6, 6.07) is 0. The van der Waals surface area contributed by atoms with Gasteiger partial charge in [-0.05, 0) is 31.8 Å². The van der Waals surface area contributed by atoms with Gasteiger partial charge in [0.25, 0.3) is 0 Å². The summed E-state index contributed by atoms with van der Waals surface area (Å²) in [5.74, 6) is 1.56. The molecule has 1 aliphatic rings.